The molecule has 0 fully saturated rings. The van der Waals surface area contributed by atoms with Crippen LogP contribution in [-0.4, -0.2) is 21.3 Å². The molecule has 2 aromatic carbocycles. The summed E-state index contributed by atoms with van der Waals surface area (Å²) in [6, 6.07) is 18.5. The maximum atomic E-state index is 9.04. The van der Waals surface area contributed by atoms with Crippen molar-refractivity contribution < 1.29 is 9.84 Å². The number of aliphatic hydroxyl groups excluding tert-OH is 1. The zero-order chi connectivity index (χ0) is 17.3. The van der Waals surface area contributed by atoms with Gasteiger partial charge in [0.1, 0.15) is 18.2 Å². The van der Waals surface area contributed by atoms with Crippen molar-refractivity contribution in [3.05, 3.63) is 83.9 Å². The topological polar surface area (TPSA) is 47.3 Å². The van der Waals surface area contributed by atoms with E-state index in [0.29, 0.717) is 13.0 Å². The summed E-state index contributed by atoms with van der Waals surface area (Å²) in [5, 5.41) is 9.04. The number of benzene rings is 2. The number of nitrogens with zero attached hydrogens (tertiary/aromatic N) is 2. The van der Waals surface area contributed by atoms with Crippen LogP contribution in [0.2, 0.25) is 0 Å². The van der Waals surface area contributed by atoms with Gasteiger partial charge in [0.2, 0.25) is 0 Å². The molecule has 1 N–H and O–H groups in total. The predicted octanol–water partition coefficient (Wildman–Crippen LogP) is 3.63. The Balaban J connectivity index is 1.45. The zero-order valence-electron chi connectivity index (χ0n) is 14.3. The maximum Gasteiger partial charge on any atom is 0.119 e. The molecule has 0 spiro atoms. The van der Waals surface area contributed by atoms with Crippen LogP contribution in [0.3, 0.4) is 0 Å². The summed E-state index contributed by atoms with van der Waals surface area (Å²) in [5.41, 5.74) is 2.47. The lowest BCUT2D eigenvalue weighted by atomic mass is 10.1. The summed E-state index contributed by atoms with van der Waals surface area (Å²) in [6.45, 7) is 1.65. The fourth-order valence-electron chi connectivity index (χ4n) is 2.82. The Bertz CT molecular complexity index is 751. The van der Waals surface area contributed by atoms with Gasteiger partial charge in [0.25, 0.3) is 0 Å². The molecular formula is C21H24N2O2. The van der Waals surface area contributed by atoms with Crippen molar-refractivity contribution in [1.82, 2.24) is 9.55 Å². The van der Waals surface area contributed by atoms with E-state index in [1.807, 2.05) is 36.5 Å². The van der Waals surface area contributed by atoms with Gasteiger partial charge >= 0.3 is 0 Å². The molecule has 0 unspecified atom stereocenters. The van der Waals surface area contributed by atoms with Crippen molar-refractivity contribution in [3.63, 3.8) is 0 Å². The summed E-state index contributed by atoms with van der Waals surface area (Å²) >= 11 is 0. The van der Waals surface area contributed by atoms with E-state index in [0.717, 1.165) is 31.0 Å². The SMILES string of the molecule is OCCc1nccn1CCCc1ccc(OCc2ccccc2)cc1. The minimum Gasteiger partial charge on any atom is -0.489 e. The van der Waals surface area contributed by atoms with Gasteiger partial charge in [-0.05, 0) is 36.1 Å². The number of hydrogen-bond acceptors (Lipinski definition) is 3. The van der Waals surface area contributed by atoms with Crippen LogP contribution in [0.25, 0.3) is 0 Å². The Morgan fingerprint density at radius 2 is 1.72 bits per heavy atom. The van der Waals surface area contributed by atoms with Gasteiger partial charge in [-0.15, -0.1) is 0 Å². The van der Waals surface area contributed by atoms with Gasteiger partial charge in [0, 0.05) is 25.4 Å². The van der Waals surface area contributed by atoms with E-state index in [1.165, 1.54) is 11.1 Å². The number of aromatic nitrogens is 2. The van der Waals surface area contributed by atoms with E-state index in [-0.39, 0.29) is 6.61 Å². The van der Waals surface area contributed by atoms with Crippen LogP contribution in [0.1, 0.15) is 23.4 Å². The Labute approximate surface area is 148 Å². The summed E-state index contributed by atoms with van der Waals surface area (Å²) in [7, 11) is 0. The van der Waals surface area contributed by atoms with Gasteiger partial charge < -0.3 is 14.4 Å². The van der Waals surface area contributed by atoms with Crippen LogP contribution < -0.4 is 4.74 Å². The third-order valence-electron chi connectivity index (χ3n) is 4.17. The number of rotatable bonds is 9. The molecule has 4 nitrogen and oxygen atoms in total. The van der Waals surface area contributed by atoms with E-state index in [2.05, 4.69) is 33.8 Å². The molecule has 0 aliphatic carbocycles. The fraction of sp³-hybridized carbons (Fsp3) is 0.286. The third kappa shape index (κ3) is 5.19. The third-order valence-corrected chi connectivity index (χ3v) is 4.17. The number of ether oxygens (including phenoxy) is 1. The molecule has 0 saturated heterocycles. The smallest absolute Gasteiger partial charge is 0.119 e. The molecule has 0 atom stereocenters. The standard InChI is InChI=1S/C21H24N2O2/c24-16-12-21-22-13-15-23(21)14-4-7-18-8-10-20(11-9-18)25-17-19-5-2-1-3-6-19/h1-3,5-6,8-11,13,15,24H,4,7,12,14,16-17H2. The highest BCUT2D eigenvalue weighted by Gasteiger charge is 2.02. The first-order valence-electron chi connectivity index (χ1n) is 8.71. The summed E-state index contributed by atoms with van der Waals surface area (Å²) in [6.07, 6.45) is 6.44. The van der Waals surface area contributed by atoms with E-state index < -0.39 is 0 Å². The van der Waals surface area contributed by atoms with Gasteiger partial charge in [-0.2, -0.15) is 0 Å². The monoisotopic (exact) mass is 336 g/mol. The number of hydrogen-bond donors (Lipinski definition) is 1. The van der Waals surface area contributed by atoms with Crippen LogP contribution in [0.4, 0.5) is 0 Å². The normalized spacial score (nSPS) is 10.8. The lowest BCUT2D eigenvalue weighted by molar-refractivity contribution is 0.294. The van der Waals surface area contributed by atoms with E-state index in [9.17, 15) is 0 Å². The molecule has 3 aromatic rings. The Hall–Kier alpha value is -2.59. The largest absolute Gasteiger partial charge is 0.489 e. The molecule has 0 saturated carbocycles. The minimum atomic E-state index is 0.140. The zero-order valence-corrected chi connectivity index (χ0v) is 14.3. The molecule has 1 heterocycles. The lowest BCUT2D eigenvalue weighted by Crippen LogP contribution is -2.06. The molecule has 130 valence electrons. The van der Waals surface area contributed by atoms with Crippen LogP contribution in [0.15, 0.2) is 67.0 Å². The Morgan fingerprint density at radius 1 is 0.920 bits per heavy atom. The van der Waals surface area contributed by atoms with Crippen LogP contribution in [0, 0.1) is 0 Å². The molecule has 3 rings (SSSR count). The number of aryl methyl sites for hydroxylation is 2. The van der Waals surface area contributed by atoms with Crippen molar-refractivity contribution in [3.8, 4) is 5.75 Å². The highest BCUT2D eigenvalue weighted by molar-refractivity contribution is 5.28. The van der Waals surface area contributed by atoms with E-state index in [1.54, 1.807) is 6.20 Å². The quantitative estimate of drug-likeness (QED) is 0.649. The second-order valence-corrected chi connectivity index (χ2v) is 6.03. The maximum absolute atomic E-state index is 9.04. The second kappa shape index (κ2) is 9.04. The van der Waals surface area contributed by atoms with Crippen molar-refractivity contribution in [2.75, 3.05) is 6.61 Å². The lowest BCUT2D eigenvalue weighted by Gasteiger charge is -2.09. The first-order valence-corrected chi connectivity index (χ1v) is 8.71. The van der Waals surface area contributed by atoms with Crippen LogP contribution in [0.5, 0.6) is 5.75 Å². The highest BCUT2D eigenvalue weighted by Crippen LogP contribution is 2.15. The van der Waals surface area contributed by atoms with Gasteiger partial charge in [-0.3, -0.25) is 0 Å². The molecule has 0 bridgehead atoms. The minimum absolute atomic E-state index is 0.140. The molecule has 25 heavy (non-hydrogen) atoms. The number of aliphatic hydroxyl groups is 1. The van der Waals surface area contributed by atoms with Crippen molar-refractivity contribution in [1.29, 1.82) is 0 Å². The summed E-state index contributed by atoms with van der Waals surface area (Å²) < 4.78 is 7.94. The Kier molecular flexibility index (Phi) is 6.23. The van der Waals surface area contributed by atoms with Crippen molar-refractivity contribution in [2.24, 2.45) is 0 Å². The van der Waals surface area contributed by atoms with Gasteiger partial charge in [0.05, 0.1) is 6.61 Å². The molecule has 4 heteroatoms. The molecular weight excluding hydrogens is 312 g/mol. The van der Waals surface area contributed by atoms with E-state index in [4.69, 9.17) is 9.84 Å². The van der Waals surface area contributed by atoms with Gasteiger partial charge in [0.15, 0.2) is 0 Å². The Morgan fingerprint density at radius 3 is 2.48 bits per heavy atom. The molecule has 0 aliphatic heterocycles. The first kappa shape index (κ1) is 17.2. The van der Waals surface area contributed by atoms with E-state index >= 15 is 0 Å². The van der Waals surface area contributed by atoms with Gasteiger partial charge in [-0.1, -0.05) is 42.5 Å². The predicted molar refractivity (Wildman–Crippen MR) is 98.6 cm³/mol. The molecule has 1 aromatic heterocycles. The summed E-state index contributed by atoms with van der Waals surface area (Å²) in [4.78, 5) is 4.28. The van der Waals surface area contributed by atoms with Crippen LogP contribution >= 0.6 is 0 Å². The van der Waals surface area contributed by atoms with Crippen molar-refractivity contribution >= 4 is 0 Å². The number of imidazole rings is 1. The average Bonchev–Trinajstić information content (AvgIpc) is 3.09. The van der Waals surface area contributed by atoms with Crippen LogP contribution in [-0.2, 0) is 26.0 Å². The van der Waals surface area contributed by atoms with Gasteiger partial charge in [-0.25, -0.2) is 4.98 Å². The van der Waals surface area contributed by atoms with Crippen molar-refractivity contribution in [2.45, 2.75) is 32.4 Å². The molecule has 0 radical (unpaired) electrons. The first-order chi connectivity index (χ1) is 12.3. The summed E-state index contributed by atoms with van der Waals surface area (Å²) in [5.74, 6) is 1.85. The second-order valence-electron chi connectivity index (χ2n) is 6.03. The fourth-order valence-corrected chi connectivity index (χ4v) is 2.82. The molecule has 0 aliphatic rings. The highest BCUT2D eigenvalue weighted by atomic mass is 16.5. The average molecular weight is 336 g/mol. The molecule has 0 amide bonds.